The Balaban J connectivity index is 2.58. The van der Waals surface area contributed by atoms with E-state index < -0.39 is 12.1 Å². The summed E-state index contributed by atoms with van der Waals surface area (Å²) in [4.78, 5) is 10.1. The van der Waals surface area contributed by atoms with E-state index in [4.69, 9.17) is 5.11 Å². The minimum atomic E-state index is -1.80. The van der Waals surface area contributed by atoms with Gasteiger partial charge in [-0.05, 0) is 5.56 Å². The molecule has 0 fully saturated rings. The van der Waals surface area contributed by atoms with Gasteiger partial charge in [-0.15, -0.1) is 0 Å². The molecule has 2 nitrogen and oxygen atoms in total. The molecule has 0 saturated carbocycles. The van der Waals surface area contributed by atoms with Crippen molar-refractivity contribution in [2.75, 3.05) is 0 Å². The SMILES string of the molecule is O=C(O)[C@H](F)Cc1ccccc1. The molecule has 1 atom stereocenters. The van der Waals surface area contributed by atoms with Crippen molar-refractivity contribution >= 4 is 5.97 Å². The molecule has 1 aromatic rings. The van der Waals surface area contributed by atoms with E-state index in [-0.39, 0.29) is 6.42 Å². The molecule has 0 amide bonds. The predicted octanol–water partition coefficient (Wildman–Crippen LogP) is 1.65. The molecule has 0 saturated heterocycles. The average molecular weight is 168 g/mol. The monoisotopic (exact) mass is 168 g/mol. The number of halogens is 1. The predicted molar refractivity (Wildman–Crippen MR) is 42.7 cm³/mol. The van der Waals surface area contributed by atoms with Crippen molar-refractivity contribution < 1.29 is 14.3 Å². The lowest BCUT2D eigenvalue weighted by Crippen LogP contribution is -2.16. The molecule has 0 aliphatic carbocycles. The summed E-state index contributed by atoms with van der Waals surface area (Å²) in [6.07, 6.45) is -1.86. The van der Waals surface area contributed by atoms with Crippen LogP contribution < -0.4 is 0 Å². The van der Waals surface area contributed by atoms with Crippen LogP contribution in [0, 0.1) is 0 Å². The van der Waals surface area contributed by atoms with Crippen molar-refractivity contribution in [1.82, 2.24) is 0 Å². The molecule has 0 aliphatic rings. The number of aliphatic carboxylic acids is 1. The highest BCUT2D eigenvalue weighted by molar-refractivity contribution is 5.72. The van der Waals surface area contributed by atoms with E-state index in [2.05, 4.69) is 0 Å². The zero-order valence-electron chi connectivity index (χ0n) is 6.40. The van der Waals surface area contributed by atoms with Gasteiger partial charge in [0.05, 0.1) is 0 Å². The summed E-state index contributed by atoms with van der Waals surface area (Å²) in [5, 5.41) is 8.27. The summed E-state index contributed by atoms with van der Waals surface area (Å²) in [5.74, 6) is -1.40. The van der Waals surface area contributed by atoms with Gasteiger partial charge < -0.3 is 5.11 Å². The lowest BCUT2D eigenvalue weighted by atomic mass is 10.1. The first-order valence-electron chi connectivity index (χ1n) is 3.61. The maximum atomic E-state index is 12.6. The highest BCUT2D eigenvalue weighted by atomic mass is 19.1. The molecular formula is C9H9FO2. The molecule has 0 heterocycles. The summed E-state index contributed by atoms with van der Waals surface area (Å²) in [6.45, 7) is 0. The van der Waals surface area contributed by atoms with Crippen LogP contribution in [-0.2, 0) is 11.2 Å². The normalized spacial score (nSPS) is 12.4. The molecule has 1 N–H and O–H groups in total. The van der Waals surface area contributed by atoms with Crippen molar-refractivity contribution in [1.29, 1.82) is 0 Å². The van der Waals surface area contributed by atoms with Gasteiger partial charge in [0.25, 0.3) is 0 Å². The fraction of sp³-hybridized carbons (Fsp3) is 0.222. The van der Waals surface area contributed by atoms with Gasteiger partial charge in [-0.25, -0.2) is 9.18 Å². The summed E-state index contributed by atoms with van der Waals surface area (Å²) < 4.78 is 12.6. The van der Waals surface area contributed by atoms with Crippen molar-refractivity contribution in [3.63, 3.8) is 0 Å². The van der Waals surface area contributed by atoms with Gasteiger partial charge in [-0.1, -0.05) is 30.3 Å². The Labute approximate surface area is 69.6 Å². The van der Waals surface area contributed by atoms with Crippen LogP contribution in [-0.4, -0.2) is 17.2 Å². The number of alkyl halides is 1. The van der Waals surface area contributed by atoms with Crippen molar-refractivity contribution in [2.24, 2.45) is 0 Å². The van der Waals surface area contributed by atoms with Gasteiger partial charge in [0.2, 0.25) is 6.17 Å². The first kappa shape index (κ1) is 8.71. The molecule has 0 radical (unpaired) electrons. The van der Waals surface area contributed by atoms with E-state index in [0.29, 0.717) is 5.56 Å². The molecule has 3 heteroatoms. The quantitative estimate of drug-likeness (QED) is 0.745. The largest absolute Gasteiger partial charge is 0.479 e. The Bertz CT molecular complexity index is 258. The highest BCUT2D eigenvalue weighted by Gasteiger charge is 2.15. The number of rotatable bonds is 3. The molecule has 12 heavy (non-hydrogen) atoms. The molecule has 1 aromatic carbocycles. The Morgan fingerprint density at radius 2 is 2.00 bits per heavy atom. The molecule has 0 spiro atoms. The van der Waals surface area contributed by atoms with Gasteiger partial charge in [0, 0.05) is 6.42 Å². The van der Waals surface area contributed by atoms with E-state index in [1.165, 1.54) is 0 Å². The van der Waals surface area contributed by atoms with Crippen LogP contribution in [0.25, 0.3) is 0 Å². The van der Waals surface area contributed by atoms with E-state index >= 15 is 0 Å². The maximum absolute atomic E-state index is 12.6. The number of benzene rings is 1. The molecule has 1 rings (SSSR count). The van der Waals surface area contributed by atoms with Gasteiger partial charge in [-0.3, -0.25) is 0 Å². The minimum absolute atomic E-state index is 0.0594. The number of hydrogen-bond acceptors (Lipinski definition) is 1. The maximum Gasteiger partial charge on any atom is 0.338 e. The van der Waals surface area contributed by atoms with Crippen LogP contribution in [0.1, 0.15) is 5.56 Å². The molecule has 0 aromatic heterocycles. The van der Waals surface area contributed by atoms with Crippen LogP contribution in [0.4, 0.5) is 4.39 Å². The van der Waals surface area contributed by atoms with Gasteiger partial charge >= 0.3 is 5.97 Å². The highest BCUT2D eigenvalue weighted by Crippen LogP contribution is 2.05. The van der Waals surface area contributed by atoms with Crippen molar-refractivity contribution in [3.8, 4) is 0 Å². The first-order chi connectivity index (χ1) is 5.70. The molecule has 0 aliphatic heterocycles. The zero-order chi connectivity index (χ0) is 8.97. The first-order valence-corrected chi connectivity index (χ1v) is 3.61. The van der Waals surface area contributed by atoms with E-state index in [0.717, 1.165) is 0 Å². The van der Waals surface area contributed by atoms with Crippen LogP contribution >= 0.6 is 0 Å². The van der Waals surface area contributed by atoms with Crippen molar-refractivity contribution in [2.45, 2.75) is 12.6 Å². The molecule has 0 unspecified atom stereocenters. The Morgan fingerprint density at radius 1 is 1.42 bits per heavy atom. The average Bonchev–Trinajstić information content (AvgIpc) is 2.06. The minimum Gasteiger partial charge on any atom is -0.479 e. The van der Waals surface area contributed by atoms with Crippen molar-refractivity contribution in [3.05, 3.63) is 35.9 Å². The number of carboxylic acids is 1. The Hall–Kier alpha value is -1.38. The third-order valence-electron chi connectivity index (χ3n) is 1.53. The number of carbonyl (C=O) groups is 1. The standard InChI is InChI=1S/C9H9FO2/c10-8(9(11)12)6-7-4-2-1-3-5-7/h1-5,8H,6H2,(H,11,12)/t8-/m1/s1. The second-order valence-corrected chi connectivity index (χ2v) is 2.50. The zero-order valence-corrected chi connectivity index (χ0v) is 6.40. The smallest absolute Gasteiger partial charge is 0.338 e. The Kier molecular flexibility index (Phi) is 2.80. The lowest BCUT2D eigenvalue weighted by Gasteiger charge is -2.01. The molecule has 0 bridgehead atoms. The van der Waals surface area contributed by atoms with Crippen LogP contribution in [0.5, 0.6) is 0 Å². The number of carboxylic acid groups (broad SMARTS) is 1. The van der Waals surface area contributed by atoms with Crippen LogP contribution in [0.15, 0.2) is 30.3 Å². The Morgan fingerprint density at radius 3 is 2.50 bits per heavy atom. The summed E-state index contributed by atoms with van der Waals surface area (Å²) >= 11 is 0. The lowest BCUT2D eigenvalue weighted by molar-refractivity contribution is -0.142. The summed E-state index contributed by atoms with van der Waals surface area (Å²) in [6, 6.07) is 8.72. The molecular weight excluding hydrogens is 159 g/mol. The number of hydrogen-bond donors (Lipinski definition) is 1. The van der Waals surface area contributed by atoms with Gasteiger partial charge in [0.1, 0.15) is 0 Å². The third kappa shape index (κ3) is 2.34. The topological polar surface area (TPSA) is 37.3 Å². The fourth-order valence-electron chi connectivity index (χ4n) is 0.908. The van der Waals surface area contributed by atoms with Crippen LogP contribution in [0.2, 0.25) is 0 Å². The van der Waals surface area contributed by atoms with Gasteiger partial charge in [-0.2, -0.15) is 0 Å². The van der Waals surface area contributed by atoms with E-state index in [1.807, 2.05) is 0 Å². The van der Waals surface area contributed by atoms with E-state index in [9.17, 15) is 9.18 Å². The third-order valence-corrected chi connectivity index (χ3v) is 1.53. The summed E-state index contributed by atoms with van der Waals surface area (Å²) in [7, 11) is 0. The second kappa shape index (κ2) is 3.85. The summed E-state index contributed by atoms with van der Waals surface area (Å²) in [5.41, 5.74) is 0.701. The van der Waals surface area contributed by atoms with Gasteiger partial charge in [0.15, 0.2) is 0 Å². The fourth-order valence-corrected chi connectivity index (χ4v) is 0.908. The van der Waals surface area contributed by atoms with Crippen LogP contribution in [0.3, 0.4) is 0 Å². The second-order valence-electron chi connectivity index (χ2n) is 2.50. The molecule has 64 valence electrons. The van der Waals surface area contributed by atoms with E-state index in [1.54, 1.807) is 30.3 Å².